The average molecular weight is 254 g/mol. The van der Waals surface area contributed by atoms with Crippen LogP contribution in [0.2, 0.25) is 0 Å². The van der Waals surface area contributed by atoms with E-state index in [2.05, 4.69) is 29.3 Å². The largest absolute Gasteiger partial charge is 0.329 e. The van der Waals surface area contributed by atoms with Crippen LogP contribution >= 0.6 is 0 Å². The summed E-state index contributed by atoms with van der Waals surface area (Å²) in [5, 5.41) is 2.40. The van der Waals surface area contributed by atoms with Gasteiger partial charge in [0.05, 0.1) is 0 Å². The highest BCUT2D eigenvalue weighted by Gasteiger charge is 2.35. The zero-order chi connectivity index (χ0) is 13.0. The molecule has 1 aliphatic carbocycles. The zero-order valence-electron chi connectivity index (χ0n) is 12.1. The van der Waals surface area contributed by atoms with E-state index >= 15 is 0 Å². The minimum atomic E-state index is 0.182. The van der Waals surface area contributed by atoms with E-state index in [0.717, 1.165) is 38.6 Å². The van der Waals surface area contributed by atoms with Gasteiger partial charge < -0.3 is 10.6 Å². The van der Waals surface area contributed by atoms with Crippen molar-refractivity contribution in [1.29, 1.82) is 0 Å². The molecule has 0 amide bonds. The Morgan fingerprint density at radius 2 is 1.78 bits per heavy atom. The summed E-state index contributed by atoms with van der Waals surface area (Å²) in [4.78, 5) is 2.39. The van der Waals surface area contributed by atoms with E-state index in [9.17, 15) is 0 Å². The number of nitrogens with zero attached hydrogens (tertiary/aromatic N) is 2. The molecule has 3 N–H and O–H groups in total. The van der Waals surface area contributed by atoms with Crippen molar-refractivity contribution < 1.29 is 0 Å². The van der Waals surface area contributed by atoms with Gasteiger partial charge in [-0.25, -0.2) is 10.4 Å². The van der Waals surface area contributed by atoms with Crippen molar-refractivity contribution in [2.75, 3.05) is 39.8 Å². The molecule has 0 spiro atoms. The van der Waals surface area contributed by atoms with E-state index < -0.39 is 0 Å². The number of hydrazine groups is 1. The smallest absolute Gasteiger partial charge is 0.0448 e. The van der Waals surface area contributed by atoms with Crippen molar-refractivity contribution in [3.63, 3.8) is 0 Å². The van der Waals surface area contributed by atoms with Gasteiger partial charge in [0, 0.05) is 38.3 Å². The second-order valence-corrected chi connectivity index (χ2v) is 6.24. The Labute approximate surface area is 112 Å². The van der Waals surface area contributed by atoms with Crippen molar-refractivity contribution in [3.8, 4) is 0 Å². The van der Waals surface area contributed by atoms with Gasteiger partial charge in [-0.15, -0.1) is 0 Å². The molecule has 0 aromatic rings. The Kier molecular flexibility index (Phi) is 5.01. The fourth-order valence-corrected chi connectivity index (χ4v) is 3.25. The van der Waals surface area contributed by atoms with Crippen molar-refractivity contribution in [1.82, 2.24) is 15.3 Å². The minimum absolute atomic E-state index is 0.182. The van der Waals surface area contributed by atoms with Gasteiger partial charge in [-0.3, -0.25) is 0 Å². The SMILES string of the molecule is CCC1CCC(CN)(NN2CCN(C)CC2)CC1. The normalized spacial score (nSPS) is 35.8. The van der Waals surface area contributed by atoms with Crippen LogP contribution in [-0.4, -0.2) is 55.2 Å². The van der Waals surface area contributed by atoms with Crippen LogP contribution in [0.4, 0.5) is 0 Å². The van der Waals surface area contributed by atoms with Crippen LogP contribution in [-0.2, 0) is 0 Å². The molecule has 0 aromatic carbocycles. The Bertz CT molecular complexity index is 240. The molecule has 0 atom stereocenters. The topological polar surface area (TPSA) is 44.5 Å². The summed E-state index contributed by atoms with van der Waals surface area (Å²) in [6.45, 7) is 7.64. The molecule has 2 fully saturated rings. The highest BCUT2D eigenvalue weighted by molar-refractivity contribution is 4.93. The zero-order valence-corrected chi connectivity index (χ0v) is 12.1. The summed E-state index contributed by atoms with van der Waals surface area (Å²) in [7, 11) is 2.20. The Hall–Kier alpha value is -0.160. The van der Waals surface area contributed by atoms with Crippen LogP contribution in [0.5, 0.6) is 0 Å². The van der Waals surface area contributed by atoms with Crippen LogP contribution < -0.4 is 11.2 Å². The summed E-state index contributed by atoms with van der Waals surface area (Å²) < 4.78 is 0. The van der Waals surface area contributed by atoms with E-state index in [4.69, 9.17) is 5.73 Å². The molecule has 18 heavy (non-hydrogen) atoms. The number of nitrogens with one attached hydrogen (secondary N) is 1. The van der Waals surface area contributed by atoms with Crippen LogP contribution in [0.3, 0.4) is 0 Å². The predicted octanol–water partition coefficient (Wildman–Crippen LogP) is 1.04. The molecule has 0 unspecified atom stereocenters. The van der Waals surface area contributed by atoms with Gasteiger partial charge in [-0.05, 0) is 38.6 Å². The summed E-state index contributed by atoms with van der Waals surface area (Å²) in [5.74, 6) is 0.930. The third-order valence-corrected chi connectivity index (χ3v) is 4.93. The summed E-state index contributed by atoms with van der Waals surface area (Å²) in [6.07, 6.45) is 6.50. The summed E-state index contributed by atoms with van der Waals surface area (Å²) in [6, 6.07) is 0. The summed E-state index contributed by atoms with van der Waals surface area (Å²) >= 11 is 0. The molecular formula is C14H30N4. The molecule has 106 valence electrons. The van der Waals surface area contributed by atoms with Crippen molar-refractivity contribution in [3.05, 3.63) is 0 Å². The number of piperazine rings is 1. The van der Waals surface area contributed by atoms with Gasteiger partial charge in [-0.1, -0.05) is 13.3 Å². The molecule has 4 heteroatoms. The highest BCUT2D eigenvalue weighted by Crippen LogP contribution is 2.33. The molecule has 0 aromatic heterocycles. The van der Waals surface area contributed by atoms with E-state index in [0.29, 0.717) is 0 Å². The number of likely N-dealkylation sites (N-methyl/N-ethyl adjacent to an activating group) is 1. The Balaban J connectivity index is 1.85. The third kappa shape index (κ3) is 3.44. The highest BCUT2D eigenvalue weighted by atomic mass is 15.5. The first-order valence-electron chi connectivity index (χ1n) is 7.59. The molecule has 1 saturated heterocycles. The van der Waals surface area contributed by atoms with Crippen molar-refractivity contribution in [2.24, 2.45) is 11.7 Å². The predicted molar refractivity (Wildman–Crippen MR) is 76.2 cm³/mol. The number of hydrogen-bond donors (Lipinski definition) is 2. The number of nitrogens with two attached hydrogens (primary N) is 1. The lowest BCUT2D eigenvalue weighted by molar-refractivity contribution is 0.0321. The lowest BCUT2D eigenvalue weighted by atomic mass is 9.76. The number of rotatable bonds is 4. The molecule has 1 aliphatic heterocycles. The molecule has 1 heterocycles. The van der Waals surface area contributed by atoms with Crippen LogP contribution in [0.25, 0.3) is 0 Å². The van der Waals surface area contributed by atoms with E-state index in [1.165, 1.54) is 32.1 Å². The Morgan fingerprint density at radius 1 is 1.17 bits per heavy atom. The molecule has 4 nitrogen and oxygen atoms in total. The molecule has 1 saturated carbocycles. The molecule has 0 bridgehead atoms. The first-order chi connectivity index (χ1) is 8.67. The van der Waals surface area contributed by atoms with Gasteiger partial charge in [0.2, 0.25) is 0 Å². The number of hydrogen-bond acceptors (Lipinski definition) is 4. The fourth-order valence-electron chi connectivity index (χ4n) is 3.25. The third-order valence-electron chi connectivity index (χ3n) is 4.93. The maximum Gasteiger partial charge on any atom is 0.0448 e. The maximum absolute atomic E-state index is 6.07. The molecule has 2 aliphatic rings. The van der Waals surface area contributed by atoms with Gasteiger partial charge in [-0.2, -0.15) is 0 Å². The van der Waals surface area contributed by atoms with Crippen LogP contribution in [0.15, 0.2) is 0 Å². The second kappa shape index (κ2) is 6.33. The van der Waals surface area contributed by atoms with Gasteiger partial charge in [0.25, 0.3) is 0 Å². The lowest BCUT2D eigenvalue weighted by Crippen LogP contribution is -2.63. The first kappa shape index (κ1) is 14.3. The van der Waals surface area contributed by atoms with E-state index in [1.54, 1.807) is 0 Å². The van der Waals surface area contributed by atoms with Gasteiger partial charge in [0.1, 0.15) is 0 Å². The van der Waals surface area contributed by atoms with Gasteiger partial charge >= 0.3 is 0 Å². The minimum Gasteiger partial charge on any atom is -0.329 e. The lowest BCUT2D eigenvalue weighted by Gasteiger charge is -2.45. The van der Waals surface area contributed by atoms with Crippen molar-refractivity contribution >= 4 is 0 Å². The average Bonchev–Trinajstić information content (AvgIpc) is 2.42. The van der Waals surface area contributed by atoms with E-state index in [-0.39, 0.29) is 5.54 Å². The molecular weight excluding hydrogens is 224 g/mol. The standard InChI is InChI=1S/C14H30N4/c1-3-13-4-6-14(12-15,7-5-13)16-18-10-8-17(2)9-11-18/h13,16H,3-12,15H2,1-2H3. The molecule has 2 rings (SSSR count). The Morgan fingerprint density at radius 3 is 2.28 bits per heavy atom. The summed E-state index contributed by atoms with van der Waals surface area (Å²) in [5.41, 5.74) is 10.0. The second-order valence-electron chi connectivity index (χ2n) is 6.24. The maximum atomic E-state index is 6.07. The van der Waals surface area contributed by atoms with Gasteiger partial charge in [0.15, 0.2) is 0 Å². The first-order valence-corrected chi connectivity index (χ1v) is 7.59. The molecule has 0 radical (unpaired) electrons. The van der Waals surface area contributed by atoms with Crippen molar-refractivity contribution in [2.45, 2.75) is 44.6 Å². The quantitative estimate of drug-likeness (QED) is 0.787. The fraction of sp³-hybridized carbons (Fsp3) is 1.00. The van der Waals surface area contributed by atoms with E-state index in [1.807, 2.05) is 0 Å². The van der Waals surface area contributed by atoms with Crippen LogP contribution in [0.1, 0.15) is 39.0 Å². The monoisotopic (exact) mass is 254 g/mol. The van der Waals surface area contributed by atoms with Crippen LogP contribution in [0, 0.1) is 5.92 Å².